The van der Waals surface area contributed by atoms with Gasteiger partial charge in [-0.05, 0) is 19.9 Å². The lowest BCUT2D eigenvalue weighted by Crippen LogP contribution is -2.30. The van der Waals surface area contributed by atoms with Crippen LogP contribution in [0.2, 0.25) is 0 Å². The maximum atomic E-state index is 11.3. The molecule has 0 spiro atoms. The summed E-state index contributed by atoms with van der Waals surface area (Å²) < 4.78 is 15.0. The molecule has 1 aromatic heterocycles. The lowest BCUT2D eigenvalue weighted by molar-refractivity contribution is 0.0563. The summed E-state index contributed by atoms with van der Waals surface area (Å²) in [6, 6.07) is 1.97. The Bertz CT molecular complexity index is 348. The fourth-order valence-electron chi connectivity index (χ4n) is 1.38. The SMILES string of the molecule is CCOCC(C)NCc1ccoc1C(=O)OC. The average molecular weight is 241 g/mol. The zero-order chi connectivity index (χ0) is 12.7. The molecule has 1 rings (SSSR count). The van der Waals surface area contributed by atoms with Crippen molar-refractivity contribution in [1.29, 1.82) is 0 Å². The molecule has 1 aromatic rings. The van der Waals surface area contributed by atoms with Crippen LogP contribution in [-0.4, -0.2) is 32.3 Å². The van der Waals surface area contributed by atoms with Crippen molar-refractivity contribution in [2.24, 2.45) is 0 Å². The van der Waals surface area contributed by atoms with Gasteiger partial charge in [-0.1, -0.05) is 0 Å². The quantitative estimate of drug-likeness (QED) is 0.734. The largest absolute Gasteiger partial charge is 0.463 e. The van der Waals surface area contributed by atoms with Crippen molar-refractivity contribution in [2.45, 2.75) is 26.4 Å². The van der Waals surface area contributed by atoms with Gasteiger partial charge in [0.15, 0.2) is 0 Å². The van der Waals surface area contributed by atoms with Gasteiger partial charge in [-0.15, -0.1) is 0 Å². The van der Waals surface area contributed by atoms with Crippen molar-refractivity contribution in [2.75, 3.05) is 20.3 Å². The van der Waals surface area contributed by atoms with E-state index >= 15 is 0 Å². The number of esters is 1. The smallest absolute Gasteiger partial charge is 0.374 e. The summed E-state index contributed by atoms with van der Waals surface area (Å²) in [6.07, 6.45) is 1.48. The summed E-state index contributed by atoms with van der Waals surface area (Å²) in [5.41, 5.74) is 0.792. The van der Waals surface area contributed by atoms with Crippen molar-refractivity contribution in [3.63, 3.8) is 0 Å². The zero-order valence-electron chi connectivity index (χ0n) is 10.5. The number of ether oxygens (including phenoxy) is 2. The van der Waals surface area contributed by atoms with E-state index in [0.29, 0.717) is 19.8 Å². The molecule has 0 saturated heterocycles. The standard InChI is InChI=1S/C12H19NO4/c1-4-16-8-9(2)13-7-10-5-6-17-11(10)12(14)15-3/h5-6,9,13H,4,7-8H2,1-3H3. The van der Waals surface area contributed by atoms with Gasteiger partial charge in [0, 0.05) is 24.8 Å². The maximum absolute atomic E-state index is 11.3. The molecule has 0 bridgehead atoms. The first-order chi connectivity index (χ1) is 8.19. The molecule has 0 radical (unpaired) electrons. The van der Waals surface area contributed by atoms with Crippen molar-refractivity contribution < 1.29 is 18.7 Å². The van der Waals surface area contributed by atoms with Crippen LogP contribution >= 0.6 is 0 Å². The Morgan fingerprint density at radius 2 is 2.35 bits per heavy atom. The molecule has 1 atom stereocenters. The maximum Gasteiger partial charge on any atom is 0.374 e. The number of hydrogen-bond acceptors (Lipinski definition) is 5. The molecule has 0 aromatic carbocycles. The highest BCUT2D eigenvalue weighted by Crippen LogP contribution is 2.11. The van der Waals surface area contributed by atoms with Gasteiger partial charge in [-0.2, -0.15) is 0 Å². The summed E-state index contributed by atoms with van der Waals surface area (Å²) in [5, 5.41) is 3.25. The van der Waals surface area contributed by atoms with E-state index in [9.17, 15) is 4.79 Å². The Morgan fingerprint density at radius 1 is 1.59 bits per heavy atom. The minimum atomic E-state index is -0.454. The lowest BCUT2D eigenvalue weighted by Gasteiger charge is -2.13. The Morgan fingerprint density at radius 3 is 3.00 bits per heavy atom. The normalized spacial score (nSPS) is 12.4. The van der Waals surface area contributed by atoms with Gasteiger partial charge in [0.25, 0.3) is 0 Å². The van der Waals surface area contributed by atoms with Crippen molar-refractivity contribution in [3.8, 4) is 0 Å². The molecule has 0 fully saturated rings. The molecule has 1 N–H and O–H groups in total. The molecular weight excluding hydrogens is 222 g/mol. The summed E-state index contributed by atoms with van der Waals surface area (Å²) in [7, 11) is 1.33. The first-order valence-corrected chi connectivity index (χ1v) is 5.64. The first-order valence-electron chi connectivity index (χ1n) is 5.64. The molecule has 96 valence electrons. The molecule has 17 heavy (non-hydrogen) atoms. The van der Waals surface area contributed by atoms with Gasteiger partial charge in [0.05, 0.1) is 20.0 Å². The van der Waals surface area contributed by atoms with Crippen LogP contribution in [0.1, 0.15) is 30.0 Å². The van der Waals surface area contributed by atoms with Crippen molar-refractivity contribution in [1.82, 2.24) is 5.32 Å². The van der Waals surface area contributed by atoms with E-state index in [4.69, 9.17) is 9.15 Å². The van der Waals surface area contributed by atoms with E-state index < -0.39 is 5.97 Å². The van der Waals surface area contributed by atoms with Crippen molar-refractivity contribution >= 4 is 5.97 Å². The van der Waals surface area contributed by atoms with Gasteiger partial charge in [-0.25, -0.2) is 4.79 Å². The van der Waals surface area contributed by atoms with Crippen molar-refractivity contribution in [3.05, 3.63) is 23.7 Å². The van der Waals surface area contributed by atoms with Gasteiger partial charge in [0.2, 0.25) is 5.76 Å². The zero-order valence-corrected chi connectivity index (χ0v) is 10.5. The third-order valence-electron chi connectivity index (χ3n) is 2.33. The Labute approximate surface area is 101 Å². The fourth-order valence-corrected chi connectivity index (χ4v) is 1.38. The van der Waals surface area contributed by atoms with E-state index in [-0.39, 0.29) is 11.8 Å². The third kappa shape index (κ3) is 4.20. The van der Waals surface area contributed by atoms with Crippen LogP contribution in [0.25, 0.3) is 0 Å². The lowest BCUT2D eigenvalue weighted by atomic mass is 10.2. The summed E-state index contributed by atoms with van der Waals surface area (Å²) in [4.78, 5) is 11.3. The van der Waals surface area contributed by atoms with Gasteiger partial charge >= 0.3 is 5.97 Å². The van der Waals surface area contributed by atoms with Gasteiger partial charge in [-0.3, -0.25) is 0 Å². The van der Waals surface area contributed by atoms with E-state index in [1.165, 1.54) is 13.4 Å². The second kappa shape index (κ2) is 7.09. The molecule has 5 nitrogen and oxygen atoms in total. The second-order valence-electron chi connectivity index (χ2n) is 3.71. The molecule has 1 heterocycles. The van der Waals surface area contributed by atoms with Crippen LogP contribution < -0.4 is 5.32 Å². The Balaban J connectivity index is 2.46. The van der Waals surface area contributed by atoms with E-state index in [2.05, 4.69) is 10.1 Å². The van der Waals surface area contributed by atoms with E-state index in [1.54, 1.807) is 6.07 Å². The molecule has 0 aliphatic heterocycles. The topological polar surface area (TPSA) is 60.7 Å². The monoisotopic (exact) mass is 241 g/mol. The highest BCUT2D eigenvalue weighted by Gasteiger charge is 2.15. The minimum absolute atomic E-state index is 0.218. The summed E-state index contributed by atoms with van der Waals surface area (Å²) in [5.74, 6) is -0.201. The predicted octanol–water partition coefficient (Wildman–Crippen LogP) is 1.58. The van der Waals surface area contributed by atoms with Crippen LogP contribution in [0.15, 0.2) is 16.7 Å². The van der Waals surface area contributed by atoms with E-state index in [0.717, 1.165) is 5.56 Å². The number of carbonyl (C=O) groups is 1. The van der Waals surface area contributed by atoms with Gasteiger partial charge in [0.1, 0.15) is 0 Å². The predicted molar refractivity (Wildman–Crippen MR) is 62.8 cm³/mol. The van der Waals surface area contributed by atoms with Crippen LogP contribution in [-0.2, 0) is 16.0 Å². The molecule has 0 saturated carbocycles. The van der Waals surface area contributed by atoms with Crippen LogP contribution in [0.5, 0.6) is 0 Å². The number of nitrogens with one attached hydrogen (secondary N) is 1. The molecule has 1 unspecified atom stereocenters. The highest BCUT2D eigenvalue weighted by molar-refractivity contribution is 5.87. The third-order valence-corrected chi connectivity index (χ3v) is 2.33. The van der Waals surface area contributed by atoms with Crippen LogP contribution in [0, 0.1) is 0 Å². The fraction of sp³-hybridized carbons (Fsp3) is 0.583. The molecule has 0 aliphatic rings. The summed E-state index contributed by atoms with van der Waals surface area (Å²) in [6.45, 7) is 5.87. The minimum Gasteiger partial charge on any atom is -0.463 e. The number of carbonyl (C=O) groups excluding carboxylic acids is 1. The number of methoxy groups -OCH3 is 1. The Kier molecular flexibility index (Phi) is 5.72. The number of hydrogen-bond donors (Lipinski definition) is 1. The first kappa shape index (κ1) is 13.7. The molecular formula is C12H19NO4. The van der Waals surface area contributed by atoms with Crippen LogP contribution in [0.4, 0.5) is 0 Å². The molecule has 5 heteroatoms. The average Bonchev–Trinajstić information content (AvgIpc) is 2.81. The number of rotatable bonds is 7. The van der Waals surface area contributed by atoms with E-state index in [1.807, 2.05) is 13.8 Å². The molecule has 0 aliphatic carbocycles. The van der Waals surface area contributed by atoms with Gasteiger partial charge < -0.3 is 19.2 Å². The van der Waals surface area contributed by atoms with Crippen LogP contribution in [0.3, 0.4) is 0 Å². The second-order valence-corrected chi connectivity index (χ2v) is 3.71. The highest BCUT2D eigenvalue weighted by atomic mass is 16.5. The number of furan rings is 1. The Hall–Kier alpha value is -1.33. The summed E-state index contributed by atoms with van der Waals surface area (Å²) >= 11 is 0. The molecule has 0 amide bonds.